The van der Waals surface area contributed by atoms with Crippen molar-refractivity contribution < 1.29 is 9.90 Å². The van der Waals surface area contributed by atoms with E-state index in [2.05, 4.69) is 0 Å². The van der Waals surface area contributed by atoms with Gasteiger partial charge in [-0.3, -0.25) is 9.59 Å². The molecule has 4 nitrogen and oxygen atoms in total. The Morgan fingerprint density at radius 1 is 1.37 bits per heavy atom. The Labute approximate surface area is 114 Å². The third-order valence-corrected chi connectivity index (χ3v) is 3.57. The van der Waals surface area contributed by atoms with Crippen molar-refractivity contribution in [2.24, 2.45) is 0 Å². The zero-order chi connectivity index (χ0) is 13.6. The molecule has 0 amide bonds. The van der Waals surface area contributed by atoms with Gasteiger partial charge >= 0.3 is 5.97 Å². The molecular formula is C14H12ClNO3. The first-order valence-electron chi connectivity index (χ1n) is 6.12. The van der Waals surface area contributed by atoms with Crippen molar-refractivity contribution in [3.05, 3.63) is 45.2 Å². The summed E-state index contributed by atoms with van der Waals surface area (Å²) in [4.78, 5) is 23.0. The zero-order valence-corrected chi connectivity index (χ0v) is 10.9. The van der Waals surface area contributed by atoms with Crippen LogP contribution in [0.4, 0.5) is 0 Å². The highest BCUT2D eigenvalue weighted by atomic mass is 35.5. The molecule has 19 heavy (non-hydrogen) atoms. The van der Waals surface area contributed by atoms with Gasteiger partial charge in [0, 0.05) is 28.2 Å². The lowest BCUT2D eigenvalue weighted by Gasteiger charge is -2.15. The minimum absolute atomic E-state index is 0.145. The summed E-state index contributed by atoms with van der Waals surface area (Å²) in [5.74, 6) is -0.935. The molecule has 1 aliphatic rings. The van der Waals surface area contributed by atoms with Gasteiger partial charge in [-0.15, -0.1) is 0 Å². The molecule has 0 bridgehead atoms. The van der Waals surface area contributed by atoms with Gasteiger partial charge in [0.25, 0.3) is 0 Å². The van der Waals surface area contributed by atoms with E-state index in [4.69, 9.17) is 16.7 Å². The van der Waals surface area contributed by atoms with Gasteiger partial charge in [0.05, 0.1) is 11.9 Å². The number of benzene rings is 1. The number of hydrogen-bond donors (Lipinski definition) is 1. The van der Waals surface area contributed by atoms with Gasteiger partial charge in [0.15, 0.2) is 5.43 Å². The maximum Gasteiger partial charge on any atom is 0.309 e. The van der Waals surface area contributed by atoms with Crippen molar-refractivity contribution in [1.82, 2.24) is 4.57 Å². The zero-order valence-electron chi connectivity index (χ0n) is 10.1. The lowest BCUT2D eigenvalue weighted by Crippen LogP contribution is -2.16. The summed E-state index contributed by atoms with van der Waals surface area (Å²) < 4.78 is 1.96. The number of rotatable bonds is 3. The molecule has 2 aromatic rings. The summed E-state index contributed by atoms with van der Waals surface area (Å²) >= 11 is 5.99. The highest BCUT2D eigenvalue weighted by Crippen LogP contribution is 2.38. The fourth-order valence-corrected chi connectivity index (χ4v) is 2.59. The van der Waals surface area contributed by atoms with Gasteiger partial charge in [-0.2, -0.15) is 0 Å². The Balaban J connectivity index is 2.33. The van der Waals surface area contributed by atoms with Crippen LogP contribution in [-0.4, -0.2) is 15.6 Å². The first-order chi connectivity index (χ1) is 9.06. The first kappa shape index (κ1) is 12.2. The molecule has 0 saturated heterocycles. The lowest BCUT2D eigenvalue weighted by atomic mass is 10.1. The van der Waals surface area contributed by atoms with Crippen LogP contribution in [0, 0.1) is 0 Å². The quantitative estimate of drug-likeness (QED) is 0.938. The summed E-state index contributed by atoms with van der Waals surface area (Å²) in [5.41, 5.74) is 1.13. The molecule has 3 rings (SSSR count). The maximum absolute atomic E-state index is 12.0. The Bertz CT molecular complexity index is 731. The van der Waals surface area contributed by atoms with Crippen LogP contribution in [0.3, 0.4) is 0 Å². The molecule has 1 saturated carbocycles. The largest absolute Gasteiger partial charge is 0.481 e. The Morgan fingerprint density at radius 2 is 2.11 bits per heavy atom. The fraction of sp³-hybridized carbons (Fsp3) is 0.286. The Morgan fingerprint density at radius 3 is 2.74 bits per heavy atom. The molecule has 0 atom stereocenters. The average molecular weight is 278 g/mol. The highest BCUT2D eigenvalue weighted by Gasteiger charge is 2.27. The predicted octanol–water partition coefficient (Wildman–Crippen LogP) is 2.62. The van der Waals surface area contributed by atoms with E-state index in [9.17, 15) is 9.59 Å². The number of carboxylic acids is 1. The van der Waals surface area contributed by atoms with Gasteiger partial charge in [0.2, 0.25) is 0 Å². The number of aromatic nitrogens is 1. The van der Waals surface area contributed by atoms with E-state index in [0.29, 0.717) is 16.1 Å². The summed E-state index contributed by atoms with van der Waals surface area (Å²) in [6.07, 6.45) is 1.88. The van der Waals surface area contributed by atoms with E-state index < -0.39 is 5.97 Å². The molecule has 0 radical (unpaired) electrons. The van der Waals surface area contributed by atoms with Crippen molar-refractivity contribution in [2.45, 2.75) is 25.3 Å². The van der Waals surface area contributed by atoms with E-state index in [0.717, 1.165) is 18.4 Å². The van der Waals surface area contributed by atoms with Crippen molar-refractivity contribution in [2.75, 3.05) is 0 Å². The third-order valence-electron chi connectivity index (χ3n) is 3.34. The molecular weight excluding hydrogens is 266 g/mol. The second-order valence-electron chi connectivity index (χ2n) is 4.83. The van der Waals surface area contributed by atoms with Gasteiger partial charge in [-0.25, -0.2) is 0 Å². The van der Waals surface area contributed by atoms with E-state index >= 15 is 0 Å². The Kier molecular flexibility index (Phi) is 2.82. The van der Waals surface area contributed by atoms with Crippen molar-refractivity contribution in [3.8, 4) is 0 Å². The number of hydrogen-bond acceptors (Lipinski definition) is 2. The van der Waals surface area contributed by atoms with Crippen LogP contribution in [-0.2, 0) is 11.2 Å². The monoisotopic (exact) mass is 277 g/mol. The molecule has 5 heteroatoms. The number of carboxylic acid groups (broad SMARTS) is 1. The highest BCUT2D eigenvalue weighted by molar-refractivity contribution is 6.31. The molecule has 0 aliphatic heterocycles. The van der Waals surface area contributed by atoms with Crippen molar-refractivity contribution >= 4 is 28.5 Å². The van der Waals surface area contributed by atoms with Crippen LogP contribution < -0.4 is 5.43 Å². The number of fused-ring (bicyclic) bond motifs is 1. The summed E-state index contributed by atoms with van der Waals surface area (Å²) in [5, 5.41) is 10.1. The normalized spacial score (nSPS) is 14.8. The van der Waals surface area contributed by atoms with E-state index in [1.807, 2.05) is 4.57 Å². The summed E-state index contributed by atoms with van der Waals surface area (Å²) in [7, 11) is 0. The number of nitrogens with zero attached hydrogens (tertiary/aromatic N) is 1. The molecule has 1 aromatic heterocycles. The standard InChI is InChI=1S/C14H12ClNO3/c15-8-1-4-11-12(5-8)16(9-2-3-9)10(6-13(11)17)7-14(18)19/h1,4-6,9H,2-3,7H2,(H,18,19). The SMILES string of the molecule is O=C(O)Cc1cc(=O)c2ccc(Cl)cc2n1C1CC1. The molecule has 1 heterocycles. The van der Waals surface area contributed by atoms with Crippen LogP contribution in [0.25, 0.3) is 10.9 Å². The third kappa shape index (κ3) is 2.24. The second kappa shape index (κ2) is 4.38. The van der Waals surface area contributed by atoms with E-state index in [-0.39, 0.29) is 17.9 Å². The van der Waals surface area contributed by atoms with E-state index in [1.54, 1.807) is 18.2 Å². The molecule has 98 valence electrons. The van der Waals surface area contributed by atoms with E-state index in [1.165, 1.54) is 6.07 Å². The van der Waals surface area contributed by atoms with Gasteiger partial charge in [-0.05, 0) is 31.0 Å². The minimum atomic E-state index is -0.935. The second-order valence-corrected chi connectivity index (χ2v) is 5.27. The predicted molar refractivity (Wildman–Crippen MR) is 72.8 cm³/mol. The van der Waals surface area contributed by atoms with Gasteiger partial charge in [-0.1, -0.05) is 11.6 Å². The minimum Gasteiger partial charge on any atom is -0.481 e. The Hall–Kier alpha value is -1.81. The topological polar surface area (TPSA) is 59.3 Å². The number of aliphatic carboxylic acids is 1. The van der Waals surface area contributed by atoms with Crippen LogP contribution in [0.5, 0.6) is 0 Å². The summed E-state index contributed by atoms with van der Waals surface area (Å²) in [6, 6.07) is 6.84. The van der Waals surface area contributed by atoms with Gasteiger partial charge in [0.1, 0.15) is 0 Å². The molecule has 0 unspecified atom stereocenters. The number of carbonyl (C=O) groups is 1. The molecule has 1 aromatic carbocycles. The van der Waals surface area contributed by atoms with Gasteiger partial charge < -0.3 is 9.67 Å². The van der Waals surface area contributed by atoms with Crippen LogP contribution >= 0.6 is 11.6 Å². The van der Waals surface area contributed by atoms with Crippen molar-refractivity contribution in [3.63, 3.8) is 0 Å². The van der Waals surface area contributed by atoms with Crippen LogP contribution in [0.2, 0.25) is 5.02 Å². The molecule has 1 fully saturated rings. The smallest absolute Gasteiger partial charge is 0.309 e. The van der Waals surface area contributed by atoms with Crippen LogP contribution in [0.1, 0.15) is 24.6 Å². The average Bonchev–Trinajstić information content (AvgIpc) is 3.12. The molecule has 0 spiro atoms. The summed E-state index contributed by atoms with van der Waals surface area (Å²) in [6.45, 7) is 0. The number of pyridine rings is 1. The maximum atomic E-state index is 12.0. The van der Waals surface area contributed by atoms with Crippen LogP contribution in [0.15, 0.2) is 29.1 Å². The molecule has 1 N–H and O–H groups in total. The first-order valence-corrected chi connectivity index (χ1v) is 6.49. The van der Waals surface area contributed by atoms with Crippen molar-refractivity contribution in [1.29, 1.82) is 0 Å². The lowest BCUT2D eigenvalue weighted by molar-refractivity contribution is -0.136. The fourth-order valence-electron chi connectivity index (χ4n) is 2.42. The molecule has 1 aliphatic carbocycles. The number of halogens is 1.